The first-order valence-electron chi connectivity index (χ1n) is 9.01. The van der Waals surface area contributed by atoms with E-state index in [1.165, 1.54) is 30.6 Å². The number of nitrogens with one attached hydrogen (secondary N) is 2. The van der Waals surface area contributed by atoms with E-state index >= 15 is 0 Å². The number of carbonyl (C=O) groups excluding carboxylic acids is 1. The maximum Gasteiger partial charge on any atom is 0.573 e. The van der Waals surface area contributed by atoms with Crippen LogP contribution in [0, 0.1) is 12.1 Å². The summed E-state index contributed by atoms with van der Waals surface area (Å²) < 4.78 is 47.1. The van der Waals surface area contributed by atoms with Gasteiger partial charge in [0.1, 0.15) is 28.5 Å². The van der Waals surface area contributed by atoms with E-state index in [2.05, 4.69) is 15.4 Å². The molecule has 0 saturated carbocycles. The molecule has 0 aliphatic rings. The van der Waals surface area contributed by atoms with Crippen LogP contribution in [0.5, 0.6) is 17.2 Å². The molecule has 2 N–H and O–H groups in total. The second kappa shape index (κ2) is 8.82. The van der Waals surface area contributed by atoms with E-state index in [4.69, 9.17) is 4.74 Å². The van der Waals surface area contributed by atoms with Gasteiger partial charge in [-0.15, -0.1) is 13.2 Å². The Bertz CT molecular complexity index is 1090. The molecule has 2 aromatic carbocycles. The van der Waals surface area contributed by atoms with Crippen LogP contribution >= 0.6 is 0 Å². The topological polar surface area (TPSA) is 86.5 Å². The Morgan fingerprint density at radius 3 is 2.35 bits per heavy atom. The van der Waals surface area contributed by atoms with Gasteiger partial charge in [0, 0.05) is 13.1 Å². The Labute approximate surface area is 175 Å². The second-order valence-corrected chi connectivity index (χ2v) is 6.41. The molecule has 3 aromatic rings. The van der Waals surface area contributed by atoms with Crippen LogP contribution in [-0.2, 0) is 0 Å². The molecule has 0 radical (unpaired) electrons. The first-order valence-corrected chi connectivity index (χ1v) is 9.01. The van der Waals surface area contributed by atoms with Gasteiger partial charge in [0.15, 0.2) is 6.20 Å². The van der Waals surface area contributed by atoms with Gasteiger partial charge in [-0.25, -0.2) is 0 Å². The Balaban J connectivity index is 1.91. The number of hydrogen-bond acceptors (Lipinski definition) is 5. The number of hydrogen-bond donors (Lipinski definition) is 2. The highest BCUT2D eigenvalue weighted by Gasteiger charge is 2.31. The molecular formula is C21H18F3N3O4. The van der Waals surface area contributed by atoms with Crippen molar-refractivity contribution in [3.63, 3.8) is 0 Å². The molecule has 7 nitrogen and oxygen atoms in total. The third-order valence-electron chi connectivity index (χ3n) is 4.17. The number of nitrogens with zero attached hydrogens (tertiary/aromatic N) is 1. The summed E-state index contributed by atoms with van der Waals surface area (Å²) in [5, 5.41) is 17.0. The van der Waals surface area contributed by atoms with Crippen LogP contribution in [0.4, 0.5) is 24.5 Å². The van der Waals surface area contributed by atoms with Gasteiger partial charge in [-0.2, -0.15) is 4.73 Å². The molecule has 3 rings (SSSR count). The number of rotatable bonds is 6. The molecule has 0 unspecified atom stereocenters. The minimum absolute atomic E-state index is 0.166. The van der Waals surface area contributed by atoms with Crippen LogP contribution in [-0.4, -0.2) is 19.3 Å². The molecular weight excluding hydrogens is 415 g/mol. The minimum atomic E-state index is -4.80. The van der Waals surface area contributed by atoms with Gasteiger partial charge in [0.2, 0.25) is 6.20 Å². The van der Waals surface area contributed by atoms with E-state index in [1.54, 1.807) is 32.2 Å². The van der Waals surface area contributed by atoms with Crippen LogP contribution in [0.2, 0.25) is 0 Å². The van der Waals surface area contributed by atoms with Gasteiger partial charge in [-0.05, 0) is 48.9 Å². The van der Waals surface area contributed by atoms with E-state index in [9.17, 15) is 23.2 Å². The molecule has 0 saturated heterocycles. The Kier molecular flexibility index (Phi) is 6.19. The maximum absolute atomic E-state index is 13.0. The molecule has 0 aliphatic heterocycles. The van der Waals surface area contributed by atoms with Crippen molar-refractivity contribution in [3.05, 3.63) is 77.3 Å². The van der Waals surface area contributed by atoms with Gasteiger partial charge in [0.05, 0.1) is 5.69 Å². The summed E-state index contributed by atoms with van der Waals surface area (Å²) in [6, 6.07) is 11.1. The monoisotopic (exact) mass is 433 g/mol. The summed E-state index contributed by atoms with van der Waals surface area (Å²) in [4.78, 5) is 13.0. The first-order chi connectivity index (χ1) is 14.7. The van der Waals surface area contributed by atoms with Crippen molar-refractivity contribution in [2.75, 3.05) is 17.7 Å². The number of halogens is 3. The summed E-state index contributed by atoms with van der Waals surface area (Å²) >= 11 is 0. The first kappa shape index (κ1) is 21.8. The molecule has 0 aliphatic carbocycles. The average molecular weight is 433 g/mol. The Morgan fingerprint density at radius 2 is 1.74 bits per heavy atom. The average Bonchev–Trinajstić information content (AvgIpc) is 2.69. The highest BCUT2D eigenvalue weighted by molar-refractivity contribution is 6.10. The number of alkyl halides is 3. The lowest BCUT2D eigenvalue weighted by Crippen LogP contribution is -2.26. The number of ether oxygens (including phenoxy) is 2. The van der Waals surface area contributed by atoms with E-state index in [-0.39, 0.29) is 22.7 Å². The molecule has 1 amide bonds. The fourth-order valence-corrected chi connectivity index (χ4v) is 2.88. The van der Waals surface area contributed by atoms with Crippen molar-refractivity contribution in [1.29, 1.82) is 0 Å². The standard InChI is InChI=1S/C21H18F3N3O4/c1-13-5-10-17(30-15-6-8-16(9-7-15)31-21(22,23)24)18(19(13)25-2)20(28)26-14-4-3-11-27(29)12-14/h3-12,25H,1-2H3,(H,26,28). The number of pyridine rings is 1. The van der Waals surface area contributed by atoms with Crippen LogP contribution < -0.4 is 24.8 Å². The highest BCUT2D eigenvalue weighted by Crippen LogP contribution is 2.34. The Morgan fingerprint density at radius 1 is 1.06 bits per heavy atom. The lowest BCUT2D eigenvalue weighted by Gasteiger charge is -2.17. The maximum atomic E-state index is 13.0. The highest BCUT2D eigenvalue weighted by atomic mass is 19.4. The lowest BCUT2D eigenvalue weighted by molar-refractivity contribution is -0.604. The summed E-state index contributed by atoms with van der Waals surface area (Å²) in [5.74, 6) is -0.562. The van der Waals surface area contributed by atoms with Gasteiger partial charge >= 0.3 is 6.36 Å². The molecule has 0 spiro atoms. The predicted molar refractivity (Wildman–Crippen MR) is 107 cm³/mol. The number of carbonyl (C=O) groups is 1. The molecule has 1 heterocycles. The number of aryl methyl sites for hydroxylation is 1. The third-order valence-corrected chi connectivity index (χ3v) is 4.17. The van der Waals surface area contributed by atoms with Crippen molar-refractivity contribution in [2.45, 2.75) is 13.3 Å². The van der Waals surface area contributed by atoms with Crippen LogP contribution in [0.25, 0.3) is 0 Å². The summed E-state index contributed by atoms with van der Waals surface area (Å²) in [6.07, 6.45) is -2.32. The zero-order chi connectivity index (χ0) is 22.6. The fourth-order valence-electron chi connectivity index (χ4n) is 2.88. The molecule has 162 valence electrons. The van der Waals surface area contributed by atoms with Crippen LogP contribution in [0.15, 0.2) is 60.9 Å². The minimum Gasteiger partial charge on any atom is -0.619 e. The zero-order valence-corrected chi connectivity index (χ0v) is 16.5. The normalized spacial score (nSPS) is 11.0. The van der Waals surface area contributed by atoms with E-state index < -0.39 is 18.0 Å². The smallest absolute Gasteiger partial charge is 0.573 e. The molecule has 0 fully saturated rings. The summed E-state index contributed by atoms with van der Waals surface area (Å²) in [6.45, 7) is 1.80. The van der Waals surface area contributed by atoms with Crippen molar-refractivity contribution >= 4 is 17.3 Å². The number of benzene rings is 2. The van der Waals surface area contributed by atoms with E-state index in [0.717, 1.165) is 17.7 Å². The van der Waals surface area contributed by atoms with Crippen LogP contribution in [0.3, 0.4) is 0 Å². The molecule has 10 heteroatoms. The Hall–Kier alpha value is -3.95. The van der Waals surface area contributed by atoms with Crippen molar-refractivity contribution in [3.8, 4) is 17.2 Å². The number of amides is 1. The number of anilines is 2. The van der Waals surface area contributed by atoms with E-state index in [0.29, 0.717) is 10.4 Å². The largest absolute Gasteiger partial charge is 0.619 e. The third kappa shape index (κ3) is 5.56. The van der Waals surface area contributed by atoms with Crippen LogP contribution in [0.1, 0.15) is 15.9 Å². The van der Waals surface area contributed by atoms with Gasteiger partial charge in [-0.1, -0.05) is 6.07 Å². The fraction of sp³-hybridized carbons (Fsp3) is 0.143. The predicted octanol–water partition coefficient (Wildman–Crippen LogP) is 4.61. The molecule has 1 aromatic heterocycles. The van der Waals surface area contributed by atoms with E-state index in [1.807, 2.05) is 0 Å². The molecule has 0 bridgehead atoms. The molecule has 0 atom stereocenters. The van der Waals surface area contributed by atoms with Crippen molar-refractivity contribution in [1.82, 2.24) is 0 Å². The van der Waals surface area contributed by atoms with Gasteiger partial charge in [0.25, 0.3) is 5.91 Å². The quantitative estimate of drug-likeness (QED) is 0.438. The van der Waals surface area contributed by atoms with Gasteiger partial charge in [-0.3, -0.25) is 4.79 Å². The second-order valence-electron chi connectivity index (χ2n) is 6.41. The van der Waals surface area contributed by atoms with Crippen molar-refractivity contribution < 1.29 is 32.2 Å². The van der Waals surface area contributed by atoms with Gasteiger partial charge < -0.3 is 25.3 Å². The van der Waals surface area contributed by atoms with Crippen molar-refractivity contribution in [2.24, 2.45) is 0 Å². The molecule has 31 heavy (non-hydrogen) atoms. The zero-order valence-electron chi connectivity index (χ0n) is 16.5. The number of aromatic nitrogens is 1. The summed E-state index contributed by atoms with van der Waals surface area (Å²) in [5.41, 5.74) is 1.71. The summed E-state index contributed by atoms with van der Waals surface area (Å²) in [7, 11) is 1.64. The lowest BCUT2D eigenvalue weighted by atomic mass is 10.1. The SMILES string of the molecule is CNc1c(C)ccc(Oc2ccc(OC(F)(F)F)cc2)c1C(=O)Nc1ccc[n+]([O-])c1.